The van der Waals surface area contributed by atoms with Gasteiger partial charge < -0.3 is 16.0 Å². The molecule has 3 rings (SSSR count). The molecule has 10 heteroatoms. The Morgan fingerprint density at radius 1 is 1.11 bits per heavy atom. The van der Waals surface area contributed by atoms with Gasteiger partial charge in [-0.25, -0.2) is 4.39 Å². The van der Waals surface area contributed by atoms with Crippen LogP contribution < -0.4 is 16.0 Å². The molecular formula is C25H27ClFN5O3. The molecule has 0 radical (unpaired) electrons. The lowest BCUT2D eigenvalue weighted by molar-refractivity contribution is -0.114. The number of amides is 3. The summed E-state index contributed by atoms with van der Waals surface area (Å²) >= 11 is 6.16. The van der Waals surface area contributed by atoms with Gasteiger partial charge in [-0.05, 0) is 49.2 Å². The van der Waals surface area contributed by atoms with E-state index in [4.69, 9.17) is 11.6 Å². The minimum atomic E-state index is -0.653. The maximum Gasteiger partial charge on any atom is 0.255 e. The first kappa shape index (κ1) is 25.9. The standard InChI is InChI=1S/C25H27ClFN5O3/c1-4-23-19(13-29-32(23)5-2)25(35)31-22(16-7-6-8-18(26)11-16)14-28-24(34)17-9-10-20(27)21(12-17)30-15(3)33/h6-13,22H,4-5,14H2,1-3H3,(H,28,34)(H,30,33)(H,31,35). The Hall–Kier alpha value is -3.72. The zero-order valence-corrected chi connectivity index (χ0v) is 20.4. The van der Waals surface area contributed by atoms with E-state index in [0.717, 1.165) is 11.8 Å². The Morgan fingerprint density at radius 3 is 2.54 bits per heavy atom. The third-order valence-corrected chi connectivity index (χ3v) is 5.63. The van der Waals surface area contributed by atoms with Crippen molar-refractivity contribution in [1.82, 2.24) is 20.4 Å². The second kappa shape index (κ2) is 11.6. The Kier molecular flexibility index (Phi) is 8.59. The Labute approximate surface area is 207 Å². The number of halogens is 2. The molecule has 2 aromatic carbocycles. The summed E-state index contributed by atoms with van der Waals surface area (Å²) in [5.74, 6) is -1.93. The molecule has 0 saturated carbocycles. The van der Waals surface area contributed by atoms with Crippen LogP contribution in [0.15, 0.2) is 48.7 Å². The van der Waals surface area contributed by atoms with E-state index in [1.54, 1.807) is 28.9 Å². The molecule has 1 heterocycles. The molecule has 0 spiro atoms. The van der Waals surface area contributed by atoms with Gasteiger partial charge in [0.05, 0.1) is 29.2 Å². The number of aryl methyl sites for hydroxylation is 1. The van der Waals surface area contributed by atoms with Crippen molar-refractivity contribution < 1.29 is 18.8 Å². The third kappa shape index (κ3) is 6.45. The molecule has 0 saturated heterocycles. The van der Waals surface area contributed by atoms with E-state index >= 15 is 0 Å². The Morgan fingerprint density at radius 2 is 1.89 bits per heavy atom. The van der Waals surface area contributed by atoms with Crippen LogP contribution in [-0.4, -0.2) is 34.0 Å². The van der Waals surface area contributed by atoms with E-state index in [0.29, 0.717) is 29.1 Å². The number of nitrogens with zero attached hydrogens (tertiary/aromatic N) is 2. The van der Waals surface area contributed by atoms with Crippen LogP contribution in [0.1, 0.15) is 58.8 Å². The fraction of sp³-hybridized carbons (Fsp3) is 0.280. The molecule has 3 amide bonds. The molecular weight excluding hydrogens is 473 g/mol. The number of hydrogen-bond donors (Lipinski definition) is 3. The highest BCUT2D eigenvalue weighted by molar-refractivity contribution is 6.30. The fourth-order valence-corrected chi connectivity index (χ4v) is 3.90. The third-order valence-electron chi connectivity index (χ3n) is 5.39. The van der Waals surface area contributed by atoms with E-state index in [2.05, 4.69) is 21.0 Å². The quantitative estimate of drug-likeness (QED) is 0.412. The number of carbonyl (C=O) groups excluding carboxylic acids is 3. The lowest BCUT2D eigenvalue weighted by Crippen LogP contribution is -2.38. The summed E-state index contributed by atoms with van der Waals surface area (Å²) in [6.45, 7) is 5.83. The highest BCUT2D eigenvalue weighted by Gasteiger charge is 2.22. The first-order chi connectivity index (χ1) is 16.7. The molecule has 3 aromatic rings. The van der Waals surface area contributed by atoms with Gasteiger partial charge in [0.2, 0.25) is 5.91 Å². The zero-order chi connectivity index (χ0) is 25.5. The molecule has 1 aromatic heterocycles. The van der Waals surface area contributed by atoms with Gasteiger partial charge in [0.1, 0.15) is 5.82 Å². The monoisotopic (exact) mass is 499 g/mol. The number of nitrogens with one attached hydrogen (secondary N) is 3. The lowest BCUT2D eigenvalue weighted by atomic mass is 10.1. The summed E-state index contributed by atoms with van der Waals surface area (Å²) in [5.41, 5.74) is 2.04. The first-order valence-corrected chi connectivity index (χ1v) is 11.6. The molecule has 35 heavy (non-hydrogen) atoms. The SMILES string of the molecule is CCc1c(C(=O)NC(CNC(=O)c2ccc(F)c(NC(C)=O)c2)c2cccc(Cl)c2)cnn1CC. The number of anilines is 1. The zero-order valence-electron chi connectivity index (χ0n) is 19.7. The van der Waals surface area contributed by atoms with Gasteiger partial charge in [-0.15, -0.1) is 0 Å². The molecule has 0 aliphatic rings. The van der Waals surface area contributed by atoms with Crippen molar-refractivity contribution in [2.45, 2.75) is 39.8 Å². The van der Waals surface area contributed by atoms with Crippen LogP contribution in [0.25, 0.3) is 0 Å². The van der Waals surface area contributed by atoms with Gasteiger partial charge in [-0.2, -0.15) is 5.10 Å². The summed E-state index contributed by atoms with van der Waals surface area (Å²) in [4.78, 5) is 37.2. The van der Waals surface area contributed by atoms with Crippen molar-refractivity contribution in [3.05, 3.63) is 81.9 Å². The van der Waals surface area contributed by atoms with Crippen LogP contribution in [-0.2, 0) is 17.8 Å². The number of carbonyl (C=O) groups is 3. The van der Waals surface area contributed by atoms with Crippen molar-refractivity contribution in [3.63, 3.8) is 0 Å². The molecule has 0 bridgehead atoms. The summed E-state index contributed by atoms with van der Waals surface area (Å²) in [6, 6.07) is 10.0. The summed E-state index contributed by atoms with van der Waals surface area (Å²) in [5, 5.41) is 12.8. The van der Waals surface area contributed by atoms with Crippen molar-refractivity contribution in [1.29, 1.82) is 0 Å². The smallest absolute Gasteiger partial charge is 0.255 e. The van der Waals surface area contributed by atoms with Crippen LogP contribution in [0.5, 0.6) is 0 Å². The van der Waals surface area contributed by atoms with Crippen molar-refractivity contribution in [3.8, 4) is 0 Å². The number of benzene rings is 2. The minimum Gasteiger partial charge on any atom is -0.350 e. The fourth-order valence-electron chi connectivity index (χ4n) is 3.71. The number of aromatic nitrogens is 2. The van der Waals surface area contributed by atoms with Crippen LogP contribution in [0.4, 0.5) is 10.1 Å². The summed E-state index contributed by atoms with van der Waals surface area (Å²) in [7, 11) is 0. The molecule has 1 atom stereocenters. The van der Waals surface area contributed by atoms with Crippen LogP contribution in [0.3, 0.4) is 0 Å². The van der Waals surface area contributed by atoms with Crippen LogP contribution in [0, 0.1) is 5.82 Å². The van der Waals surface area contributed by atoms with Crippen molar-refractivity contribution in [2.24, 2.45) is 0 Å². The van der Waals surface area contributed by atoms with Gasteiger partial charge in [0, 0.05) is 30.6 Å². The van der Waals surface area contributed by atoms with Gasteiger partial charge in [-0.1, -0.05) is 30.7 Å². The Balaban J connectivity index is 1.81. The predicted octanol–water partition coefficient (Wildman–Crippen LogP) is 4.12. The van der Waals surface area contributed by atoms with Crippen LogP contribution >= 0.6 is 11.6 Å². The van der Waals surface area contributed by atoms with E-state index < -0.39 is 23.7 Å². The number of hydrogen-bond acceptors (Lipinski definition) is 4. The maximum atomic E-state index is 13.9. The average Bonchev–Trinajstić information content (AvgIpc) is 3.25. The summed E-state index contributed by atoms with van der Waals surface area (Å²) in [6.07, 6.45) is 2.17. The molecule has 1 unspecified atom stereocenters. The van der Waals surface area contributed by atoms with Gasteiger partial charge in [0.25, 0.3) is 11.8 Å². The molecule has 3 N–H and O–H groups in total. The first-order valence-electron chi connectivity index (χ1n) is 11.2. The molecule has 8 nitrogen and oxygen atoms in total. The van der Waals surface area contributed by atoms with Gasteiger partial charge in [0.15, 0.2) is 0 Å². The second-order valence-corrected chi connectivity index (χ2v) is 8.28. The van der Waals surface area contributed by atoms with Gasteiger partial charge in [-0.3, -0.25) is 19.1 Å². The highest BCUT2D eigenvalue weighted by atomic mass is 35.5. The van der Waals surface area contributed by atoms with E-state index in [1.165, 1.54) is 25.3 Å². The molecule has 184 valence electrons. The van der Waals surface area contributed by atoms with E-state index in [-0.39, 0.29) is 23.7 Å². The highest BCUT2D eigenvalue weighted by Crippen LogP contribution is 2.20. The molecule has 0 fully saturated rings. The Bertz CT molecular complexity index is 1240. The largest absolute Gasteiger partial charge is 0.350 e. The predicted molar refractivity (Wildman–Crippen MR) is 132 cm³/mol. The van der Waals surface area contributed by atoms with E-state index in [1.807, 2.05) is 13.8 Å². The van der Waals surface area contributed by atoms with Crippen molar-refractivity contribution >= 4 is 35.0 Å². The van der Waals surface area contributed by atoms with Crippen LogP contribution in [0.2, 0.25) is 5.02 Å². The van der Waals surface area contributed by atoms with E-state index in [9.17, 15) is 18.8 Å². The molecule has 0 aliphatic heterocycles. The van der Waals surface area contributed by atoms with Crippen molar-refractivity contribution in [2.75, 3.05) is 11.9 Å². The normalized spacial score (nSPS) is 11.6. The topological polar surface area (TPSA) is 105 Å². The average molecular weight is 500 g/mol. The summed E-state index contributed by atoms with van der Waals surface area (Å²) < 4.78 is 15.7. The number of rotatable bonds is 9. The maximum absolute atomic E-state index is 13.9. The second-order valence-electron chi connectivity index (χ2n) is 7.84. The molecule has 0 aliphatic carbocycles. The minimum absolute atomic E-state index is 0.0428. The lowest BCUT2D eigenvalue weighted by Gasteiger charge is -2.20. The van der Waals surface area contributed by atoms with Gasteiger partial charge >= 0.3 is 0 Å².